The lowest BCUT2D eigenvalue weighted by molar-refractivity contribution is 0.254. The van der Waals surface area contributed by atoms with Crippen LogP contribution in [-0.4, -0.2) is 5.38 Å². The van der Waals surface area contributed by atoms with Gasteiger partial charge in [0.15, 0.2) is 0 Å². The highest BCUT2D eigenvalue weighted by Gasteiger charge is 2.30. The van der Waals surface area contributed by atoms with E-state index in [0.29, 0.717) is 12.3 Å². The Bertz CT molecular complexity index is 399. The van der Waals surface area contributed by atoms with E-state index in [-0.39, 0.29) is 16.9 Å². The van der Waals surface area contributed by atoms with E-state index in [9.17, 15) is 8.78 Å². The van der Waals surface area contributed by atoms with Crippen LogP contribution in [0.15, 0.2) is 18.2 Å². The van der Waals surface area contributed by atoms with E-state index in [4.69, 9.17) is 11.6 Å². The van der Waals surface area contributed by atoms with Gasteiger partial charge in [0, 0.05) is 10.9 Å². The van der Waals surface area contributed by atoms with Crippen LogP contribution in [0.3, 0.4) is 0 Å². The maximum Gasteiger partial charge on any atom is 0.129 e. The topological polar surface area (TPSA) is 0 Å². The van der Waals surface area contributed by atoms with Crippen molar-refractivity contribution >= 4 is 11.6 Å². The van der Waals surface area contributed by atoms with Crippen molar-refractivity contribution in [3.8, 4) is 0 Å². The first-order valence-electron chi connectivity index (χ1n) is 7.18. The summed E-state index contributed by atoms with van der Waals surface area (Å²) >= 11 is 6.36. The lowest BCUT2D eigenvalue weighted by atomic mass is 9.76. The molecule has 3 unspecified atom stereocenters. The summed E-state index contributed by atoms with van der Waals surface area (Å²) in [4.78, 5) is 0. The summed E-state index contributed by atoms with van der Waals surface area (Å²) in [5.41, 5.74) is 0.204. The molecule has 0 bridgehead atoms. The van der Waals surface area contributed by atoms with Gasteiger partial charge in [-0.15, -0.1) is 11.6 Å². The normalized spacial score (nSPS) is 27.5. The molecule has 1 aliphatic carbocycles. The van der Waals surface area contributed by atoms with Crippen LogP contribution in [0.4, 0.5) is 8.78 Å². The monoisotopic (exact) mass is 286 g/mol. The Kier molecular flexibility index (Phi) is 5.20. The van der Waals surface area contributed by atoms with Gasteiger partial charge in [-0.3, -0.25) is 0 Å². The van der Waals surface area contributed by atoms with E-state index in [2.05, 4.69) is 6.92 Å². The third-order valence-corrected chi connectivity index (χ3v) is 4.80. The van der Waals surface area contributed by atoms with Crippen LogP contribution in [0, 0.1) is 23.5 Å². The zero-order valence-corrected chi connectivity index (χ0v) is 12.1. The molecular formula is C16H21ClF2. The Balaban J connectivity index is 2.08. The number of hydrogen-bond donors (Lipinski definition) is 0. The molecule has 1 aliphatic rings. The van der Waals surface area contributed by atoms with Crippen LogP contribution in [0.5, 0.6) is 0 Å². The summed E-state index contributed by atoms with van der Waals surface area (Å²) in [6.07, 6.45) is 5.89. The molecular weight excluding hydrogens is 266 g/mol. The number of hydrogen-bond acceptors (Lipinski definition) is 0. The largest absolute Gasteiger partial charge is 0.207 e. The molecule has 0 spiro atoms. The third kappa shape index (κ3) is 3.68. The van der Waals surface area contributed by atoms with Crippen LogP contribution >= 0.6 is 11.6 Å². The fourth-order valence-electron chi connectivity index (χ4n) is 3.20. The molecule has 3 atom stereocenters. The predicted molar refractivity (Wildman–Crippen MR) is 75.4 cm³/mol. The van der Waals surface area contributed by atoms with Crippen molar-refractivity contribution in [2.24, 2.45) is 11.8 Å². The molecule has 0 heterocycles. The Morgan fingerprint density at radius 1 is 1.21 bits per heavy atom. The number of rotatable bonds is 4. The average Bonchev–Trinajstić information content (AvgIpc) is 2.38. The molecule has 0 amide bonds. The van der Waals surface area contributed by atoms with Crippen molar-refractivity contribution in [3.63, 3.8) is 0 Å². The average molecular weight is 287 g/mol. The minimum absolute atomic E-state index is 0.0483. The molecule has 106 valence electrons. The molecule has 1 aromatic rings. The minimum atomic E-state index is -0.443. The van der Waals surface area contributed by atoms with E-state index < -0.39 is 11.6 Å². The molecule has 0 radical (unpaired) electrons. The molecule has 0 saturated heterocycles. The minimum Gasteiger partial charge on any atom is -0.207 e. The first-order valence-corrected chi connectivity index (χ1v) is 7.62. The lowest BCUT2D eigenvalue weighted by Crippen LogP contribution is -2.27. The quantitative estimate of drug-likeness (QED) is 0.656. The van der Waals surface area contributed by atoms with Crippen LogP contribution in [0.2, 0.25) is 0 Å². The highest BCUT2D eigenvalue weighted by molar-refractivity contribution is 6.20. The molecule has 2 rings (SSSR count). The van der Waals surface area contributed by atoms with Crippen LogP contribution in [-0.2, 0) is 6.42 Å². The van der Waals surface area contributed by atoms with Gasteiger partial charge in [0.05, 0.1) is 0 Å². The fraction of sp³-hybridized carbons (Fsp3) is 0.625. The maximum atomic E-state index is 13.7. The second-order valence-corrected chi connectivity index (χ2v) is 6.21. The first-order chi connectivity index (χ1) is 9.11. The van der Waals surface area contributed by atoms with Gasteiger partial charge in [0.1, 0.15) is 11.6 Å². The molecule has 1 aromatic carbocycles. The summed E-state index contributed by atoms with van der Waals surface area (Å²) in [6.45, 7) is 2.18. The summed E-state index contributed by atoms with van der Waals surface area (Å²) in [6, 6.07) is 4.06. The second-order valence-electron chi connectivity index (χ2n) is 5.65. The standard InChI is InChI=1S/C16H21ClF2/c1-2-4-11-7-8-14(17)12(9-11)10-13-15(18)5-3-6-16(13)19/h3,5-6,11-12,14H,2,4,7-10H2,1H3. The molecule has 1 fully saturated rings. The highest BCUT2D eigenvalue weighted by atomic mass is 35.5. The zero-order valence-electron chi connectivity index (χ0n) is 11.3. The van der Waals surface area contributed by atoms with Gasteiger partial charge >= 0.3 is 0 Å². The number of alkyl halides is 1. The predicted octanol–water partition coefficient (Wildman–Crippen LogP) is 5.33. The third-order valence-electron chi connectivity index (χ3n) is 4.22. The fourth-order valence-corrected chi connectivity index (χ4v) is 3.51. The van der Waals surface area contributed by atoms with Gasteiger partial charge < -0.3 is 0 Å². The van der Waals surface area contributed by atoms with Crippen molar-refractivity contribution in [2.45, 2.75) is 50.8 Å². The summed E-state index contributed by atoms with van der Waals surface area (Å²) < 4.78 is 27.4. The SMILES string of the molecule is CCCC1CCC(Cl)C(Cc2c(F)cccc2F)C1. The molecule has 0 N–H and O–H groups in total. The van der Waals surface area contributed by atoms with Crippen LogP contribution < -0.4 is 0 Å². The Morgan fingerprint density at radius 2 is 1.89 bits per heavy atom. The zero-order chi connectivity index (χ0) is 13.8. The molecule has 3 heteroatoms. The van der Waals surface area contributed by atoms with Gasteiger partial charge in [0.25, 0.3) is 0 Å². The molecule has 0 aliphatic heterocycles. The van der Waals surface area contributed by atoms with Gasteiger partial charge in [-0.25, -0.2) is 8.78 Å². The Labute approximate surface area is 119 Å². The van der Waals surface area contributed by atoms with Gasteiger partial charge in [-0.2, -0.15) is 0 Å². The van der Waals surface area contributed by atoms with E-state index >= 15 is 0 Å². The maximum absolute atomic E-state index is 13.7. The van der Waals surface area contributed by atoms with Crippen molar-refractivity contribution in [1.82, 2.24) is 0 Å². The molecule has 1 saturated carbocycles. The van der Waals surface area contributed by atoms with Gasteiger partial charge in [0.2, 0.25) is 0 Å². The molecule has 19 heavy (non-hydrogen) atoms. The first kappa shape index (κ1) is 14.8. The Morgan fingerprint density at radius 3 is 2.53 bits per heavy atom. The van der Waals surface area contributed by atoms with Crippen molar-refractivity contribution in [1.29, 1.82) is 0 Å². The summed E-state index contributed by atoms with van der Waals surface area (Å²) in [5.74, 6) is -0.0267. The number of benzene rings is 1. The highest BCUT2D eigenvalue weighted by Crippen LogP contribution is 2.37. The number of halogens is 3. The Hall–Kier alpha value is -0.630. The molecule has 0 aromatic heterocycles. The van der Waals surface area contributed by atoms with Crippen molar-refractivity contribution in [2.75, 3.05) is 0 Å². The molecule has 0 nitrogen and oxygen atoms in total. The van der Waals surface area contributed by atoms with E-state index in [1.54, 1.807) is 0 Å². The van der Waals surface area contributed by atoms with Crippen molar-refractivity contribution in [3.05, 3.63) is 35.4 Å². The lowest BCUT2D eigenvalue weighted by Gasteiger charge is -2.33. The van der Waals surface area contributed by atoms with Crippen LogP contribution in [0.1, 0.15) is 44.6 Å². The van der Waals surface area contributed by atoms with Crippen molar-refractivity contribution < 1.29 is 8.78 Å². The smallest absolute Gasteiger partial charge is 0.129 e. The van der Waals surface area contributed by atoms with E-state index in [1.807, 2.05) is 0 Å². The van der Waals surface area contributed by atoms with Gasteiger partial charge in [-0.05, 0) is 49.7 Å². The van der Waals surface area contributed by atoms with Crippen LogP contribution in [0.25, 0.3) is 0 Å². The summed E-state index contributed by atoms with van der Waals surface area (Å²) in [7, 11) is 0. The van der Waals surface area contributed by atoms with E-state index in [0.717, 1.165) is 19.3 Å². The van der Waals surface area contributed by atoms with E-state index in [1.165, 1.54) is 31.0 Å². The van der Waals surface area contributed by atoms with Gasteiger partial charge in [-0.1, -0.05) is 25.8 Å². The second kappa shape index (κ2) is 6.69. The summed E-state index contributed by atoms with van der Waals surface area (Å²) in [5, 5.41) is 0.0483.